The Bertz CT molecular complexity index is 1100. The Balaban J connectivity index is 2.16. The molecule has 0 saturated heterocycles. The quantitative estimate of drug-likeness (QED) is 0.320. The van der Waals surface area contributed by atoms with Gasteiger partial charge in [-0.25, -0.2) is 19.4 Å². The summed E-state index contributed by atoms with van der Waals surface area (Å²) in [6.45, 7) is 12.5. The fourth-order valence-electron chi connectivity index (χ4n) is 3.01. The fourth-order valence-corrected chi connectivity index (χ4v) is 3.35. The Morgan fingerprint density at radius 2 is 1.97 bits per heavy atom. The number of anilines is 2. The van der Waals surface area contributed by atoms with Gasteiger partial charge in [-0.3, -0.25) is 0 Å². The number of nitrogens with zero attached hydrogens (tertiary/aromatic N) is 4. The van der Waals surface area contributed by atoms with E-state index in [1.165, 1.54) is 18.0 Å². The van der Waals surface area contributed by atoms with Crippen molar-refractivity contribution in [2.45, 2.75) is 52.1 Å². The van der Waals surface area contributed by atoms with Crippen LogP contribution in [0.15, 0.2) is 35.6 Å². The molecule has 0 amide bonds. The lowest BCUT2D eigenvalue weighted by atomic mass is 9.92. The van der Waals surface area contributed by atoms with Crippen molar-refractivity contribution in [3.8, 4) is 5.69 Å². The molecule has 3 aromatic rings. The van der Waals surface area contributed by atoms with Crippen molar-refractivity contribution in [3.05, 3.63) is 52.8 Å². The van der Waals surface area contributed by atoms with Gasteiger partial charge in [-0.2, -0.15) is 5.10 Å². The Morgan fingerprint density at radius 3 is 2.61 bits per heavy atom. The highest BCUT2D eigenvalue weighted by atomic mass is 32.2. The summed E-state index contributed by atoms with van der Waals surface area (Å²) in [4.78, 5) is 21.3. The summed E-state index contributed by atoms with van der Waals surface area (Å²) >= 11 is 1.40. The maximum atomic E-state index is 12.5. The van der Waals surface area contributed by atoms with E-state index >= 15 is 0 Å². The number of hydrogen-bond donors (Lipinski definition) is 1. The van der Waals surface area contributed by atoms with Crippen molar-refractivity contribution in [1.82, 2.24) is 19.7 Å². The predicted molar refractivity (Wildman–Crippen MR) is 125 cm³/mol. The average Bonchev–Trinajstić information content (AvgIpc) is 3.14. The number of ether oxygens (including phenoxy) is 1. The Kier molecular flexibility index (Phi) is 6.69. The van der Waals surface area contributed by atoms with E-state index in [9.17, 15) is 4.79 Å². The van der Waals surface area contributed by atoms with Crippen molar-refractivity contribution in [2.75, 3.05) is 18.2 Å². The van der Waals surface area contributed by atoms with Gasteiger partial charge in [0, 0.05) is 17.7 Å². The molecule has 2 heterocycles. The summed E-state index contributed by atoms with van der Waals surface area (Å²) in [5.41, 5.74) is 4.25. The van der Waals surface area contributed by atoms with E-state index < -0.39 is 5.97 Å². The molecule has 164 valence electrons. The largest absolute Gasteiger partial charge is 0.462 e. The van der Waals surface area contributed by atoms with Crippen molar-refractivity contribution >= 4 is 29.4 Å². The highest BCUT2D eigenvalue weighted by Crippen LogP contribution is 2.30. The number of hydrogen-bond acceptors (Lipinski definition) is 7. The van der Waals surface area contributed by atoms with Crippen LogP contribution in [0.4, 0.5) is 11.6 Å². The van der Waals surface area contributed by atoms with Gasteiger partial charge < -0.3 is 10.1 Å². The SMILES string of the molecule is CCOC(=O)c1cnc(SC)nc1Nc1cc(C(C)(C)C)nn1-c1cc(C)ccc1C. The summed E-state index contributed by atoms with van der Waals surface area (Å²) in [5.74, 6) is 0.645. The lowest BCUT2D eigenvalue weighted by Gasteiger charge is -2.15. The molecule has 0 atom stereocenters. The molecule has 0 aliphatic carbocycles. The van der Waals surface area contributed by atoms with Crippen LogP contribution in [0.1, 0.15) is 54.9 Å². The zero-order chi connectivity index (χ0) is 22.8. The van der Waals surface area contributed by atoms with Crippen LogP contribution in [0.3, 0.4) is 0 Å². The number of esters is 1. The number of rotatable bonds is 6. The minimum Gasteiger partial charge on any atom is -0.462 e. The molecule has 0 aliphatic rings. The maximum absolute atomic E-state index is 12.5. The van der Waals surface area contributed by atoms with E-state index in [-0.39, 0.29) is 17.6 Å². The summed E-state index contributed by atoms with van der Waals surface area (Å²) in [7, 11) is 0. The Labute approximate surface area is 187 Å². The van der Waals surface area contributed by atoms with Gasteiger partial charge in [0.1, 0.15) is 11.4 Å². The van der Waals surface area contributed by atoms with Gasteiger partial charge in [0.05, 0.1) is 18.0 Å². The fraction of sp³-hybridized carbons (Fsp3) is 0.391. The van der Waals surface area contributed by atoms with Crippen molar-refractivity contribution in [3.63, 3.8) is 0 Å². The number of nitrogens with one attached hydrogen (secondary N) is 1. The van der Waals surface area contributed by atoms with E-state index in [4.69, 9.17) is 9.84 Å². The molecule has 0 fully saturated rings. The van der Waals surface area contributed by atoms with Crippen molar-refractivity contribution < 1.29 is 9.53 Å². The van der Waals surface area contributed by atoms with Crippen LogP contribution >= 0.6 is 11.8 Å². The van der Waals surface area contributed by atoms with Crippen LogP contribution in [0.2, 0.25) is 0 Å². The van der Waals surface area contributed by atoms with Crippen LogP contribution in [0, 0.1) is 13.8 Å². The van der Waals surface area contributed by atoms with E-state index in [1.807, 2.05) is 17.0 Å². The first-order chi connectivity index (χ1) is 14.6. The average molecular weight is 440 g/mol. The van der Waals surface area contributed by atoms with Crippen LogP contribution in [0.25, 0.3) is 5.69 Å². The number of carbonyl (C=O) groups excluding carboxylic acids is 1. The van der Waals surface area contributed by atoms with Crippen LogP contribution in [-0.2, 0) is 10.2 Å². The number of carbonyl (C=O) groups is 1. The lowest BCUT2D eigenvalue weighted by molar-refractivity contribution is 0.0526. The number of thioether (sulfide) groups is 1. The Morgan fingerprint density at radius 1 is 1.23 bits per heavy atom. The molecule has 1 aromatic carbocycles. The molecule has 3 rings (SSSR count). The standard InChI is InChI=1S/C23H29N5O2S/c1-8-30-21(29)16-13-24-22(31-7)26-20(16)25-19-12-18(23(4,5)6)27-28(19)17-11-14(2)9-10-15(17)3/h9-13H,8H2,1-7H3,(H,24,25,26). The molecule has 0 radical (unpaired) electrons. The van der Waals surface area contributed by atoms with Gasteiger partial charge in [0.15, 0.2) is 11.0 Å². The van der Waals surface area contributed by atoms with Crippen LogP contribution < -0.4 is 5.32 Å². The van der Waals surface area contributed by atoms with Crippen molar-refractivity contribution in [2.24, 2.45) is 0 Å². The first-order valence-electron chi connectivity index (χ1n) is 10.2. The van der Waals surface area contributed by atoms with Crippen molar-refractivity contribution in [1.29, 1.82) is 0 Å². The number of benzene rings is 1. The first-order valence-corrected chi connectivity index (χ1v) is 11.4. The number of aryl methyl sites for hydroxylation is 2. The van der Waals surface area contributed by atoms with E-state index in [0.29, 0.717) is 11.0 Å². The summed E-state index contributed by atoms with van der Waals surface area (Å²) in [6.07, 6.45) is 3.39. The third-order valence-corrected chi connectivity index (χ3v) is 5.32. The van der Waals surface area contributed by atoms with Crippen LogP contribution in [-0.4, -0.2) is 38.6 Å². The third kappa shape index (κ3) is 5.07. The molecule has 2 aromatic heterocycles. The highest BCUT2D eigenvalue weighted by molar-refractivity contribution is 7.98. The minimum atomic E-state index is -0.466. The van der Waals surface area contributed by atoms with E-state index in [2.05, 4.69) is 68.1 Å². The molecular weight excluding hydrogens is 410 g/mol. The zero-order valence-corrected chi connectivity index (χ0v) is 19.9. The molecular formula is C23H29N5O2S. The molecule has 0 spiro atoms. The van der Waals surface area contributed by atoms with Gasteiger partial charge in [0.2, 0.25) is 0 Å². The predicted octanol–water partition coefficient (Wildman–Crippen LogP) is 5.22. The molecule has 0 aliphatic heterocycles. The topological polar surface area (TPSA) is 81.9 Å². The monoisotopic (exact) mass is 439 g/mol. The molecule has 0 saturated carbocycles. The van der Waals surface area contributed by atoms with Gasteiger partial charge in [-0.15, -0.1) is 0 Å². The third-order valence-electron chi connectivity index (χ3n) is 4.76. The van der Waals surface area contributed by atoms with Gasteiger partial charge in [-0.05, 0) is 44.2 Å². The second-order valence-electron chi connectivity index (χ2n) is 8.33. The van der Waals surface area contributed by atoms with E-state index in [0.717, 1.165) is 28.3 Å². The van der Waals surface area contributed by atoms with E-state index in [1.54, 1.807) is 6.92 Å². The normalized spacial score (nSPS) is 11.5. The molecule has 31 heavy (non-hydrogen) atoms. The molecule has 0 bridgehead atoms. The second kappa shape index (κ2) is 9.09. The smallest absolute Gasteiger partial charge is 0.343 e. The highest BCUT2D eigenvalue weighted by Gasteiger charge is 2.23. The number of aromatic nitrogens is 4. The summed E-state index contributed by atoms with van der Waals surface area (Å²) < 4.78 is 7.07. The van der Waals surface area contributed by atoms with Gasteiger partial charge in [0.25, 0.3) is 0 Å². The Hall–Kier alpha value is -2.87. The summed E-state index contributed by atoms with van der Waals surface area (Å²) in [5, 5.41) is 8.78. The zero-order valence-electron chi connectivity index (χ0n) is 19.1. The van der Waals surface area contributed by atoms with Gasteiger partial charge >= 0.3 is 5.97 Å². The molecule has 8 heteroatoms. The molecule has 1 N–H and O–H groups in total. The first kappa shape index (κ1) is 22.8. The summed E-state index contributed by atoms with van der Waals surface area (Å²) in [6, 6.07) is 8.25. The van der Waals surface area contributed by atoms with Crippen LogP contribution in [0.5, 0.6) is 0 Å². The van der Waals surface area contributed by atoms with Gasteiger partial charge in [-0.1, -0.05) is 44.7 Å². The lowest BCUT2D eigenvalue weighted by Crippen LogP contribution is -2.13. The molecule has 0 unspecified atom stereocenters. The maximum Gasteiger partial charge on any atom is 0.343 e. The molecule has 7 nitrogen and oxygen atoms in total. The minimum absolute atomic E-state index is 0.153. The second-order valence-corrected chi connectivity index (χ2v) is 9.10.